The zero-order valence-electron chi connectivity index (χ0n) is 12.6. The van der Waals surface area contributed by atoms with E-state index in [9.17, 15) is 9.59 Å². The Bertz CT molecular complexity index is 355. The number of carbonyl (C=O) groups excluding carboxylic acids is 2. The predicted molar refractivity (Wildman–Crippen MR) is 81.1 cm³/mol. The fraction of sp³-hybridized carbons (Fsp3) is 0.625. The van der Waals surface area contributed by atoms with E-state index in [1.807, 2.05) is 0 Å². The number of hydrogen-bond donors (Lipinski definition) is 2. The second-order valence-corrected chi connectivity index (χ2v) is 5.84. The third-order valence-electron chi connectivity index (χ3n) is 4.83. The minimum Gasteiger partial charge on any atom is -0.390 e. The summed E-state index contributed by atoms with van der Waals surface area (Å²) in [7, 11) is 0. The molecule has 4 nitrogen and oxygen atoms in total. The molecule has 1 rings (SSSR count). The second-order valence-electron chi connectivity index (χ2n) is 5.84. The maximum absolute atomic E-state index is 12.0. The zero-order valence-corrected chi connectivity index (χ0v) is 12.6. The molecule has 1 saturated carbocycles. The molecule has 0 saturated heterocycles. The third-order valence-corrected chi connectivity index (χ3v) is 4.83. The fourth-order valence-corrected chi connectivity index (χ4v) is 3.05. The van der Waals surface area contributed by atoms with Crippen molar-refractivity contribution in [1.82, 2.24) is 10.6 Å². The standard InChI is InChI=1S/C16H26N2O2/c1-5-17-11-15(13(3)19)7-9-16(10-8-15,14(4)20)12-18-6-2/h5-6,17-18H,1-2,7-12H2,3-4H3. The molecule has 112 valence electrons. The molecule has 1 fully saturated rings. The number of ketones is 2. The summed E-state index contributed by atoms with van der Waals surface area (Å²) in [5.74, 6) is 0.390. The van der Waals surface area contributed by atoms with Crippen molar-refractivity contribution in [2.45, 2.75) is 39.5 Å². The molecule has 0 heterocycles. The molecular formula is C16H26N2O2. The van der Waals surface area contributed by atoms with Gasteiger partial charge in [0.05, 0.1) is 0 Å². The smallest absolute Gasteiger partial charge is 0.137 e. The predicted octanol–water partition coefficient (Wildman–Crippen LogP) is 2.18. The average Bonchev–Trinajstić information content (AvgIpc) is 2.43. The largest absolute Gasteiger partial charge is 0.390 e. The molecule has 0 spiro atoms. The van der Waals surface area contributed by atoms with Gasteiger partial charge < -0.3 is 10.6 Å². The number of carbonyl (C=O) groups is 2. The molecule has 0 aromatic rings. The van der Waals surface area contributed by atoms with E-state index in [1.165, 1.54) is 0 Å². The summed E-state index contributed by atoms with van der Waals surface area (Å²) in [5.41, 5.74) is -0.720. The van der Waals surface area contributed by atoms with Crippen LogP contribution in [0.2, 0.25) is 0 Å². The van der Waals surface area contributed by atoms with Gasteiger partial charge >= 0.3 is 0 Å². The van der Waals surface area contributed by atoms with Crippen LogP contribution < -0.4 is 10.6 Å². The molecule has 2 N–H and O–H groups in total. The van der Waals surface area contributed by atoms with E-state index in [-0.39, 0.29) is 22.4 Å². The minimum atomic E-state index is -0.360. The van der Waals surface area contributed by atoms with E-state index in [1.54, 1.807) is 26.2 Å². The highest BCUT2D eigenvalue weighted by Crippen LogP contribution is 2.46. The Morgan fingerprint density at radius 1 is 0.900 bits per heavy atom. The summed E-state index contributed by atoms with van der Waals surface area (Å²) in [6.45, 7) is 11.8. The third kappa shape index (κ3) is 3.30. The number of Topliss-reactive ketones (excluding diaryl/α,β-unsaturated/α-hetero) is 2. The van der Waals surface area contributed by atoms with Crippen molar-refractivity contribution in [3.05, 3.63) is 25.6 Å². The molecular weight excluding hydrogens is 252 g/mol. The Labute approximate surface area is 121 Å². The highest BCUT2D eigenvalue weighted by atomic mass is 16.1. The maximum atomic E-state index is 12.0. The lowest BCUT2D eigenvalue weighted by atomic mass is 9.60. The van der Waals surface area contributed by atoms with Crippen molar-refractivity contribution in [2.24, 2.45) is 10.8 Å². The van der Waals surface area contributed by atoms with Crippen LogP contribution in [0.15, 0.2) is 25.6 Å². The monoisotopic (exact) mass is 278 g/mol. The van der Waals surface area contributed by atoms with Gasteiger partial charge in [-0.15, -0.1) is 0 Å². The van der Waals surface area contributed by atoms with Gasteiger partial charge in [0.25, 0.3) is 0 Å². The molecule has 0 aliphatic heterocycles. The van der Waals surface area contributed by atoms with Gasteiger partial charge in [-0.3, -0.25) is 9.59 Å². The average molecular weight is 278 g/mol. The number of rotatable bonds is 8. The van der Waals surface area contributed by atoms with Crippen LogP contribution in [0.1, 0.15) is 39.5 Å². The van der Waals surface area contributed by atoms with Crippen molar-refractivity contribution in [3.63, 3.8) is 0 Å². The topological polar surface area (TPSA) is 58.2 Å². The molecule has 4 heteroatoms. The van der Waals surface area contributed by atoms with Gasteiger partial charge in [-0.2, -0.15) is 0 Å². The first-order valence-corrected chi connectivity index (χ1v) is 7.13. The van der Waals surface area contributed by atoms with E-state index in [2.05, 4.69) is 23.8 Å². The van der Waals surface area contributed by atoms with Crippen molar-refractivity contribution in [1.29, 1.82) is 0 Å². The van der Waals surface area contributed by atoms with E-state index >= 15 is 0 Å². The highest BCUT2D eigenvalue weighted by molar-refractivity contribution is 5.85. The van der Waals surface area contributed by atoms with Gasteiger partial charge in [-0.25, -0.2) is 0 Å². The first-order valence-electron chi connectivity index (χ1n) is 7.13. The van der Waals surface area contributed by atoms with Crippen LogP contribution in [0.5, 0.6) is 0 Å². The van der Waals surface area contributed by atoms with Crippen LogP contribution in [0.25, 0.3) is 0 Å². The number of nitrogens with one attached hydrogen (secondary N) is 2. The van der Waals surface area contributed by atoms with Crippen LogP contribution in [-0.4, -0.2) is 24.7 Å². The van der Waals surface area contributed by atoms with Crippen LogP contribution >= 0.6 is 0 Å². The van der Waals surface area contributed by atoms with Crippen molar-refractivity contribution >= 4 is 11.6 Å². The van der Waals surface area contributed by atoms with E-state index in [4.69, 9.17) is 0 Å². The van der Waals surface area contributed by atoms with Crippen LogP contribution in [0, 0.1) is 10.8 Å². The molecule has 0 atom stereocenters. The molecule has 0 unspecified atom stereocenters. The van der Waals surface area contributed by atoms with Crippen LogP contribution in [-0.2, 0) is 9.59 Å². The van der Waals surface area contributed by atoms with Gasteiger partial charge in [-0.1, -0.05) is 13.2 Å². The molecule has 0 amide bonds. The minimum absolute atomic E-state index is 0.195. The fourth-order valence-electron chi connectivity index (χ4n) is 3.05. The summed E-state index contributed by atoms with van der Waals surface area (Å²) in [6.07, 6.45) is 6.19. The Kier molecular flexibility index (Phi) is 5.54. The van der Waals surface area contributed by atoms with Gasteiger partial charge in [0.15, 0.2) is 0 Å². The first-order chi connectivity index (χ1) is 9.42. The normalized spacial score (nSPS) is 29.3. The van der Waals surface area contributed by atoms with Crippen molar-refractivity contribution in [2.75, 3.05) is 13.1 Å². The van der Waals surface area contributed by atoms with E-state index in [0.29, 0.717) is 13.1 Å². The maximum Gasteiger partial charge on any atom is 0.137 e. The summed E-state index contributed by atoms with van der Waals surface area (Å²) < 4.78 is 0. The lowest BCUT2D eigenvalue weighted by molar-refractivity contribution is -0.136. The summed E-state index contributed by atoms with van der Waals surface area (Å²) in [5, 5.41) is 6.13. The second kappa shape index (κ2) is 6.73. The van der Waals surface area contributed by atoms with Gasteiger partial charge in [0, 0.05) is 23.9 Å². The van der Waals surface area contributed by atoms with Gasteiger partial charge in [0.1, 0.15) is 11.6 Å². The molecule has 0 aromatic carbocycles. The molecule has 20 heavy (non-hydrogen) atoms. The molecule has 1 aliphatic carbocycles. The Morgan fingerprint density at radius 3 is 1.40 bits per heavy atom. The van der Waals surface area contributed by atoms with Crippen molar-refractivity contribution in [3.8, 4) is 0 Å². The quantitative estimate of drug-likeness (QED) is 0.714. The molecule has 1 aliphatic rings. The first kappa shape index (κ1) is 16.5. The SMILES string of the molecule is C=CNCC1(C(C)=O)CCC(CNC=C)(C(C)=O)CC1. The van der Waals surface area contributed by atoms with Crippen molar-refractivity contribution < 1.29 is 9.59 Å². The Hall–Kier alpha value is -1.58. The number of hydrogen-bond acceptors (Lipinski definition) is 4. The van der Waals surface area contributed by atoms with E-state index < -0.39 is 0 Å². The van der Waals surface area contributed by atoms with Crippen LogP contribution in [0.3, 0.4) is 0 Å². The Balaban J connectivity index is 2.84. The molecule has 0 aromatic heterocycles. The highest BCUT2D eigenvalue weighted by Gasteiger charge is 2.47. The van der Waals surface area contributed by atoms with Crippen LogP contribution in [0.4, 0.5) is 0 Å². The molecule has 0 radical (unpaired) electrons. The lowest BCUT2D eigenvalue weighted by Crippen LogP contribution is -2.49. The lowest BCUT2D eigenvalue weighted by Gasteiger charge is -2.44. The summed E-state index contributed by atoms with van der Waals surface area (Å²) >= 11 is 0. The summed E-state index contributed by atoms with van der Waals surface area (Å²) in [4.78, 5) is 24.1. The zero-order chi connectivity index (χ0) is 15.2. The summed E-state index contributed by atoms with van der Waals surface area (Å²) in [6, 6.07) is 0. The van der Waals surface area contributed by atoms with E-state index in [0.717, 1.165) is 25.7 Å². The Morgan fingerprint density at radius 2 is 1.20 bits per heavy atom. The molecule has 0 bridgehead atoms. The van der Waals surface area contributed by atoms with Gasteiger partial charge in [0.2, 0.25) is 0 Å². The van der Waals surface area contributed by atoms with Gasteiger partial charge in [-0.05, 0) is 51.9 Å².